The van der Waals surface area contributed by atoms with Crippen molar-refractivity contribution in [3.8, 4) is 0 Å². The molecule has 2 aromatic rings. The second-order valence-electron chi connectivity index (χ2n) is 3.36. The number of ether oxygens (including phenoxy) is 1. The van der Waals surface area contributed by atoms with E-state index in [0.29, 0.717) is 16.3 Å². The first-order valence-electron chi connectivity index (χ1n) is 5.10. The van der Waals surface area contributed by atoms with Gasteiger partial charge in [-0.05, 0) is 24.3 Å². The van der Waals surface area contributed by atoms with E-state index in [0.717, 1.165) is 0 Å². The van der Waals surface area contributed by atoms with Crippen LogP contribution in [0.4, 0.5) is 5.69 Å². The monoisotopic (exact) mass is 262 g/mol. The van der Waals surface area contributed by atoms with Gasteiger partial charge in [-0.3, -0.25) is 4.79 Å². The fraction of sp³-hybridized carbons (Fsp3) is 0.0833. The van der Waals surface area contributed by atoms with Crippen molar-refractivity contribution in [2.45, 2.75) is 0 Å². The summed E-state index contributed by atoms with van der Waals surface area (Å²) in [6.45, 7) is 0. The first-order valence-corrected chi connectivity index (χ1v) is 5.98. The van der Waals surface area contributed by atoms with Crippen molar-refractivity contribution in [3.05, 3.63) is 46.4 Å². The molecule has 18 heavy (non-hydrogen) atoms. The third-order valence-electron chi connectivity index (χ3n) is 2.19. The molecular weight excluding hydrogens is 252 g/mol. The maximum Gasteiger partial charge on any atom is 0.337 e. The number of methoxy groups -OCH3 is 1. The van der Waals surface area contributed by atoms with Crippen LogP contribution in [0.25, 0.3) is 0 Å². The van der Waals surface area contributed by atoms with Gasteiger partial charge in [0, 0.05) is 17.3 Å². The molecule has 1 heterocycles. The lowest BCUT2D eigenvalue weighted by Crippen LogP contribution is -2.11. The van der Waals surface area contributed by atoms with Crippen LogP contribution in [-0.4, -0.2) is 24.0 Å². The molecule has 0 saturated heterocycles. The molecule has 92 valence electrons. The summed E-state index contributed by atoms with van der Waals surface area (Å²) in [5.74, 6) is -0.677. The van der Waals surface area contributed by atoms with Crippen LogP contribution in [0.2, 0.25) is 0 Å². The number of esters is 1. The van der Waals surface area contributed by atoms with E-state index >= 15 is 0 Å². The largest absolute Gasteiger partial charge is 0.465 e. The average molecular weight is 262 g/mol. The van der Waals surface area contributed by atoms with Crippen molar-refractivity contribution < 1.29 is 14.3 Å². The van der Waals surface area contributed by atoms with Gasteiger partial charge in [-0.2, -0.15) is 0 Å². The highest BCUT2D eigenvalue weighted by molar-refractivity contribution is 7.11. The van der Waals surface area contributed by atoms with Crippen LogP contribution in [0.3, 0.4) is 0 Å². The zero-order valence-corrected chi connectivity index (χ0v) is 10.4. The van der Waals surface area contributed by atoms with E-state index in [-0.39, 0.29) is 5.91 Å². The Balaban J connectivity index is 2.07. The Bertz CT molecular complexity index is 549. The minimum absolute atomic E-state index is 0.268. The van der Waals surface area contributed by atoms with Crippen molar-refractivity contribution >= 4 is 28.9 Å². The predicted molar refractivity (Wildman–Crippen MR) is 67.8 cm³/mol. The van der Waals surface area contributed by atoms with Crippen LogP contribution in [0.5, 0.6) is 0 Å². The van der Waals surface area contributed by atoms with E-state index in [4.69, 9.17) is 0 Å². The maximum atomic E-state index is 11.7. The third-order valence-corrected chi connectivity index (χ3v) is 2.96. The molecular formula is C12H10N2O3S. The number of amides is 1. The molecule has 0 unspecified atom stereocenters. The SMILES string of the molecule is COC(=O)c1ccc(NC(=O)c2nccs2)cc1. The average Bonchev–Trinajstić information content (AvgIpc) is 2.92. The van der Waals surface area contributed by atoms with Crippen LogP contribution < -0.4 is 5.32 Å². The Morgan fingerprint density at radius 3 is 2.56 bits per heavy atom. The molecule has 0 aliphatic heterocycles. The summed E-state index contributed by atoms with van der Waals surface area (Å²) in [6.07, 6.45) is 1.57. The fourth-order valence-corrected chi connectivity index (χ4v) is 1.86. The highest BCUT2D eigenvalue weighted by Gasteiger charge is 2.09. The molecule has 1 N–H and O–H groups in total. The summed E-state index contributed by atoms with van der Waals surface area (Å²) in [7, 11) is 1.32. The zero-order valence-electron chi connectivity index (χ0n) is 9.54. The summed E-state index contributed by atoms with van der Waals surface area (Å²) in [4.78, 5) is 26.8. The minimum Gasteiger partial charge on any atom is -0.465 e. The summed E-state index contributed by atoms with van der Waals surface area (Å²) < 4.78 is 4.58. The van der Waals surface area contributed by atoms with E-state index < -0.39 is 5.97 Å². The van der Waals surface area contributed by atoms with Gasteiger partial charge >= 0.3 is 5.97 Å². The predicted octanol–water partition coefficient (Wildman–Crippen LogP) is 2.18. The number of carbonyl (C=O) groups is 2. The van der Waals surface area contributed by atoms with E-state index in [2.05, 4.69) is 15.0 Å². The molecule has 5 nitrogen and oxygen atoms in total. The molecule has 0 aliphatic rings. The molecule has 0 fully saturated rings. The third kappa shape index (κ3) is 2.72. The number of thiazole rings is 1. The normalized spacial score (nSPS) is 9.83. The van der Waals surface area contributed by atoms with Crippen LogP contribution in [0.15, 0.2) is 35.8 Å². The Hall–Kier alpha value is -2.21. The van der Waals surface area contributed by atoms with Crippen molar-refractivity contribution in [3.63, 3.8) is 0 Å². The highest BCUT2D eigenvalue weighted by atomic mass is 32.1. The lowest BCUT2D eigenvalue weighted by atomic mass is 10.2. The topological polar surface area (TPSA) is 68.3 Å². The van der Waals surface area contributed by atoms with Gasteiger partial charge in [0.1, 0.15) is 0 Å². The van der Waals surface area contributed by atoms with Crippen molar-refractivity contribution in [2.75, 3.05) is 12.4 Å². The number of aromatic nitrogens is 1. The molecule has 2 rings (SSSR count). The maximum absolute atomic E-state index is 11.7. The van der Waals surface area contributed by atoms with Crippen LogP contribution in [-0.2, 0) is 4.74 Å². The lowest BCUT2D eigenvalue weighted by Gasteiger charge is -2.04. The molecule has 0 aliphatic carbocycles. The van der Waals surface area contributed by atoms with Gasteiger partial charge in [-0.1, -0.05) is 0 Å². The van der Waals surface area contributed by atoms with Crippen LogP contribution in [0, 0.1) is 0 Å². The number of hydrogen-bond acceptors (Lipinski definition) is 5. The Kier molecular flexibility index (Phi) is 3.69. The molecule has 0 spiro atoms. The zero-order chi connectivity index (χ0) is 13.0. The van der Waals surface area contributed by atoms with Crippen molar-refractivity contribution in [1.82, 2.24) is 4.98 Å². The molecule has 1 amide bonds. The smallest absolute Gasteiger partial charge is 0.337 e. The van der Waals surface area contributed by atoms with Crippen molar-refractivity contribution in [1.29, 1.82) is 0 Å². The number of rotatable bonds is 3. The van der Waals surface area contributed by atoms with Gasteiger partial charge in [0.05, 0.1) is 12.7 Å². The number of carbonyl (C=O) groups excluding carboxylic acids is 2. The van der Waals surface area contributed by atoms with Gasteiger partial charge in [0.15, 0.2) is 5.01 Å². The number of nitrogens with one attached hydrogen (secondary N) is 1. The molecule has 0 atom stereocenters. The second-order valence-corrected chi connectivity index (χ2v) is 4.25. The first-order chi connectivity index (χ1) is 8.70. The Labute approximate surface area is 107 Å². The highest BCUT2D eigenvalue weighted by Crippen LogP contribution is 2.13. The van der Waals surface area contributed by atoms with Gasteiger partial charge in [-0.25, -0.2) is 9.78 Å². The summed E-state index contributed by atoms with van der Waals surface area (Å²) >= 11 is 1.26. The molecule has 1 aromatic heterocycles. The molecule has 0 radical (unpaired) electrons. The summed E-state index contributed by atoms with van der Waals surface area (Å²) in [5.41, 5.74) is 1.03. The van der Waals surface area contributed by atoms with Crippen molar-refractivity contribution in [2.24, 2.45) is 0 Å². The second kappa shape index (κ2) is 5.42. The molecule has 1 aromatic carbocycles. The quantitative estimate of drug-likeness (QED) is 0.861. The van der Waals surface area contributed by atoms with E-state index in [1.807, 2.05) is 0 Å². The van der Waals surface area contributed by atoms with E-state index in [9.17, 15) is 9.59 Å². The van der Waals surface area contributed by atoms with Crippen LogP contribution in [0.1, 0.15) is 20.2 Å². The molecule has 6 heteroatoms. The summed E-state index contributed by atoms with van der Waals surface area (Å²) in [6, 6.07) is 6.45. The Morgan fingerprint density at radius 1 is 1.28 bits per heavy atom. The minimum atomic E-state index is -0.409. The Morgan fingerprint density at radius 2 is 2.00 bits per heavy atom. The molecule has 0 bridgehead atoms. The van der Waals surface area contributed by atoms with Gasteiger partial charge in [0.2, 0.25) is 0 Å². The lowest BCUT2D eigenvalue weighted by molar-refractivity contribution is 0.0600. The van der Waals surface area contributed by atoms with Crippen LogP contribution >= 0.6 is 11.3 Å². The number of nitrogens with zero attached hydrogens (tertiary/aromatic N) is 1. The fourth-order valence-electron chi connectivity index (χ4n) is 1.33. The van der Waals surface area contributed by atoms with Gasteiger partial charge in [0.25, 0.3) is 5.91 Å². The number of benzene rings is 1. The first kappa shape index (κ1) is 12.3. The number of hydrogen-bond donors (Lipinski definition) is 1. The van der Waals surface area contributed by atoms with Gasteiger partial charge < -0.3 is 10.1 Å². The van der Waals surface area contributed by atoms with Gasteiger partial charge in [-0.15, -0.1) is 11.3 Å². The van der Waals surface area contributed by atoms with E-state index in [1.165, 1.54) is 18.4 Å². The summed E-state index contributed by atoms with van der Waals surface area (Å²) in [5, 5.41) is 4.81. The van der Waals surface area contributed by atoms with E-state index in [1.54, 1.807) is 35.8 Å². The number of anilines is 1. The standard InChI is InChI=1S/C12H10N2O3S/c1-17-12(16)8-2-4-9(5-3-8)14-10(15)11-13-6-7-18-11/h2-7H,1H3,(H,14,15). The molecule has 0 saturated carbocycles.